The zero-order valence-corrected chi connectivity index (χ0v) is 14.4. The third-order valence-corrected chi connectivity index (χ3v) is 4.16. The summed E-state index contributed by atoms with van der Waals surface area (Å²) < 4.78 is 0. The Labute approximate surface area is 141 Å². The lowest BCUT2D eigenvalue weighted by Crippen LogP contribution is -2.27. The summed E-state index contributed by atoms with van der Waals surface area (Å²) in [4.78, 5) is 0. The molecule has 0 aromatic heterocycles. The van der Waals surface area contributed by atoms with Gasteiger partial charge in [0.1, 0.15) is 0 Å². The van der Waals surface area contributed by atoms with E-state index in [9.17, 15) is 0 Å². The van der Waals surface area contributed by atoms with Crippen LogP contribution < -0.4 is 5.32 Å². The van der Waals surface area contributed by atoms with Crippen LogP contribution in [0.5, 0.6) is 0 Å². The standard InChI is InChI=1S/C17H18Cl3N/c1-3-21-11(2)8-12-4-6-13(7-5-12)17-15(19)9-14(18)10-16(17)20/h4-7,9-11,21H,3,8H2,1-2H3. The van der Waals surface area contributed by atoms with E-state index in [-0.39, 0.29) is 0 Å². The molecule has 112 valence electrons. The van der Waals surface area contributed by atoms with Gasteiger partial charge in [-0.3, -0.25) is 0 Å². The molecular weight excluding hydrogens is 325 g/mol. The third-order valence-electron chi connectivity index (χ3n) is 3.34. The summed E-state index contributed by atoms with van der Waals surface area (Å²) in [7, 11) is 0. The summed E-state index contributed by atoms with van der Waals surface area (Å²) in [5.41, 5.74) is 3.11. The molecule has 0 saturated heterocycles. The third kappa shape index (κ3) is 4.37. The van der Waals surface area contributed by atoms with Crippen LogP contribution in [0.15, 0.2) is 36.4 Å². The molecule has 2 aromatic carbocycles. The predicted molar refractivity (Wildman–Crippen MR) is 93.8 cm³/mol. The van der Waals surface area contributed by atoms with Gasteiger partial charge in [0.2, 0.25) is 0 Å². The first-order valence-electron chi connectivity index (χ1n) is 6.98. The van der Waals surface area contributed by atoms with Crippen molar-refractivity contribution < 1.29 is 0 Å². The van der Waals surface area contributed by atoms with Crippen LogP contribution in [0.4, 0.5) is 0 Å². The van der Waals surface area contributed by atoms with Gasteiger partial charge in [-0.15, -0.1) is 0 Å². The Hall–Kier alpha value is -0.730. The minimum Gasteiger partial charge on any atom is -0.314 e. The Balaban J connectivity index is 2.23. The van der Waals surface area contributed by atoms with E-state index in [4.69, 9.17) is 34.8 Å². The quantitative estimate of drug-likeness (QED) is 0.718. The molecule has 0 aliphatic carbocycles. The van der Waals surface area contributed by atoms with E-state index in [1.165, 1.54) is 5.56 Å². The van der Waals surface area contributed by atoms with E-state index in [1.807, 2.05) is 0 Å². The van der Waals surface area contributed by atoms with Crippen molar-refractivity contribution in [3.8, 4) is 11.1 Å². The highest BCUT2D eigenvalue weighted by molar-refractivity contribution is 6.41. The number of halogens is 3. The van der Waals surface area contributed by atoms with Crippen LogP contribution >= 0.6 is 34.8 Å². The van der Waals surface area contributed by atoms with E-state index in [2.05, 4.69) is 43.4 Å². The zero-order chi connectivity index (χ0) is 15.4. The topological polar surface area (TPSA) is 12.0 Å². The molecule has 1 atom stereocenters. The zero-order valence-electron chi connectivity index (χ0n) is 12.1. The summed E-state index contributed by atoms with van der Waals surface area (Å²) >= 11 is 18.5. The highest BCUT2D eigenvalue weighted by Gasteiger charge is 2.10. The second kappa shape index (κ2) is 7.51. The predicted octanol–water partition coefficient (Wildman–Crippen LogP) is 5.85. The number of likely N-dealkylation sites (N-methyl/N-ethyl adjacent to an activating group) is 1. The molecule has 21 heavy (non-hydrogen) atoms. The van der Waals surface area contributed by atoms with Crippen molar-refractivity contribution in [2.45, 2.75) is 26.3 Å². The van der Waals surface area contributed by atoms with Gasteiger partial charge in [0.05, 0.1) is 10.0 Å². The molecule has 2 rings (SSSR count). The molecule has 0 aliphatic heterocycles. The van der Waals surface area contributed by atoms with E-state index in [1.54, 1.807) is 12.1 Å². The van der Waals surface area contributed by atoms with Crippen LogP contribution in [0.1, 0.15) is 19.4 Å². The summed E-state index contributed by atoms with van der Waals surface area (Å²) in [6, 6.07) is 12.2. The maximum atomic E-state index is 6.26. The molecule has 1 unspecified atom stereocenters. The second-order valence-electron chi connectivity index (χ2n) is 5.10. The van der Waals surface area contributed by atoms with E-state index in [0.29, 0.717) is 21.1 Å². The Morgan fingerprint density at radius 3 is 2.10 bits per heavy atom. The summed E-state index contributed by atoms with van der Waals surface area (Å²) in [5.74, 6) is 0. The summed E-state index contributed by atoms with van der Waals surface area (Å²) in [6.07, 6.45) is 0.996. The minimum absolute atomic E-state index is 0.462. The average molecular weight is 343 g/mol. The highest BCUT2D eigenvalue weighted by Crippen LogP contribution is 2.37. The van der Waals surface area contributed by atoms with Gasteiger partial charge in [-0.1, -0.05) is 66.0 Å². The molecule has 0 heterocycles. The minimum atomic E-state index is 0.462. The molecule has 0 radical (unpaired) electrons. The van der Waals surface area contributed by atoms with Crippen LogP contribution in [0, 0.1) is 0 Å². The Bertz CT molecular complexity index is 585. The second-order valence-corrected chi connectivity index (χ2v) is 6.36. The molecule has 0 fully saturated rings. The van der Waals surface area contributed by atoms with Gasteiger partial charge in [-0.2, -0.15) is 0 Å². The number of nitrogens with one attached hydrogen (secondary N) is 1. The molecule has 2 aromatic rings. The number of rotatable bonds is 5. The Morgan fingerprint density at radius 1 is 1.00 bits per heavy atom. The van der Waals surface area contributed by atoms with Gasteiger partial charge in [0.15, 0.2) is 0 Å². The van der Waals surface area contributed by atoms with Crippen molar-refractivity contribution in [2.24, 2.45) is 0 Å². The van der Waals surface area contributed by atoms with Crippen molar-refractivity contribution in [3.05, 3.63) is 57.0 Å². The van der Waals surface area contributed by atoms with Crippen molar-refractivity contribution >= 4 is 34.8 Å². The summed E-state index contributed by atoms with van der Waals surface area (Å²) in [6.45, 7) is 5.28. The van der Waals surface area contributed by atoms with E-state index in [0.717, 1.165) is 24.1 Å². The number of hydrogen-bond acceptors (Lipinski definition) is 1. The maximum absolute atomic E-state index is 6.26. The average Bonchev–Trinajstić information content (AvgIpc) is 2.39. The van der Waals surface area contributed by atoms with E-state index >= 15 is 0 Å². The molecule has 1 nitrogen and oxygen atoms in total. The van der Waals surface area contributed by atoms with Crippen molar-refractivity contribution in [1.29, 1.82) is 0 Å². The number of hydrogen-bond donors (Lipinski definition) is 1. The van der Waals surface area contributed by atoms with Gasteiger partial charge >= 0.3 is 0 Å². The lowest BCUT2D eigenvalue weighted by Gasteiger charge is -2.13. The molecule has 1 N–H and O–H groups in total. The van der Waals surface area contributed by atoms with Crippen LogP contribution in [0.25, 0.3) is 11.1 Å². The smallest absolute Gasteiger partial charge is 0.0514 e. The van der Waals surface area contributed by atoms with Crippen molar-refractivity contribution in [2.75, 3.05) is 6.54 Å². The first-order valence-corrected chi connectivity index (χ1v) is 8.12. The fourth-order valence-electron chi connectivity index (χ4n) is 2.40. The van der Waals surface area contributed by atoms with Gasteiger partial charge in [0, 0.05) is 16.6 Å². The fraction of sp³-hybridized carbons (Fsp3) is 0.294. The van der Waals surface area contributed by atoms with Crippen LogP contribution in [-0.4, -0.2) is 12.6 Å². The first-order chi connectivity index (χ1) is 10.0. The summed E-state index contributed by atoms with van der Waals surface area (Å²) in [5, 5.41) is 5.10. The van der Waals surface area contributed by atoms with Gasteiger partial charge < -0.3 is 5.32 Å². The van der Waals surface area contributed by atoms with Gasteiger partial charge in [0.25, 0.3) is 0 Å². The lowest BCUT2D eigenvalue weighted by molar-refractivity contribution is 0.565. The molecular formula is C17H18Cl3N. The largest absolute Gasteiger partial charge is 0.314 e. The van der Waals surface area contributed by atoms with Crippen molar-refractivity contribution in [1.82, 2.24) is 5.32 Å². The fourth-order valence-corrected chi connectivity index (χ4v) is 3.43. The molecule has 0 amide bonds. The molecule has 0 aliphatic rings. The van der Waals surface area contributed by atoms with Gasteiger partial charge in [-0.05, 0) is 43.1 Å². The molecule has 0 bridgehead atoms. The maximum Gasteiger partial charge on any atom is 0.0514 e. The first kappa shape index (κ1) is 16.6. The molecule has 4 heteroatoms. The van der Waals surface area contributed by atoms with Crippen LogP contribution in [0.3, 0.4) is 0 Å². The van der Waals surface area contributed by atoms with Gasteiger partial charge in [-0.25, -0.2) is 0 Å². The Kier molecular flexibility index (Phi) is 5.95. The monoisotopic (exact) mass is 341 g/mol. The van der Waals surface area contributed by atoms with Crippen molar-refractivity contribution in [3.63, 3.8) is 0 Å². The Morgan fingerprint density at radius 2 is 1.57 bits per heavy atom. The number of benzene rings is 2. The van der Waals surface area contributed by atoms with Crippen LogP contribution in [-0.2, 0) is 6.42 Å². The highest BCUT2D eigenvalue weighted by atomic mass is 35.5. The lowest BCUT2D eigenvalue weighted by atomic mass is 10.0. The molecule has 0 spiro atoms. The SMILES string of the molecule is CCNC(C)Cc1ccc(-c2c(Cl)cc(Cl)cc2Cl)cc1. The molecule has 0 saturated carbocycles. The van der Waals surface area contributed by atoms with E-state index < -0.39 is 0 Å². The normalized spacial score (nSPS) is 12.4. The van der Waals surface area contributed by atoms with Crippen LogP contribution in [0.2, 0.25) is 15.1 Å².